The van der Waals surface area contributed by atoms with Crippen LogP contribution in [-0.4, -0.2) is 13.1 Å². The number of fused-ring (bicyclic) bond motifs is 1. The van der Waals surface area contributed by atoms with Crippen LogP contribution in [0.2, 0.25) is 0 Å². The highest BCUT2D eigenvalue weighted by Gasteiger charge is 2.27. The summed E-state index contributed by atoms with van der Waals surface area (Å²) < 4.78 is 1.40. The van der Waals surface area contributed by atoms with Crippen LogP contribution < -0.4 is 4.90 Å². The van der Waals surface area contributed by atoms with Gasteiger partial charge >= 0.3 is 0 Å². The summed E-state index contributed by atoms with van der Waals surface area (Å²) in [6.45, 7) is 0. The molecule has 1 fully saturated rings. The normalized spacial score (nSPS) is 16.1. The fourth-order valence-electron chi connectivity index (χ4n) is 1.90. The van der Waals surface area contributed by atoms with Gasteiger partial charge < -0.3 is 4.90 Å². The Morgan fingerprint density at radius 3 is 2.86 bits per heavy atom. The molecular formula is C12H13NS. The Kier molecular flexibility index (Phi) is 1.77. The van der Waals surface area contributed by atoms with Crippen molar-refractivity contribution < 1.29 is 0 Å². The first-order valence-corrected chi connectivity index (χ1v) is 5.93. The van der Waals surface area contributed by atoms with Gasteiger partial charge in [-0.3, -0.25) is 0 Å². The zero-order valence-electron chi connectivity index (χ0n) is 8.23. The average molecular weight is 203 g/mol. The number of benzene rings is 1. The maximum Gasteiger partial charge on any atom is 0.0554 e. The molecule has 72 valence electrons. The lowest BCUT2D eigenvalue weighted by Gasteiger charge is -2.17. The molecule has 2 aromatic rings. The number of rotatable bonds is 2. The number of nitrogens with zero attached hydrogens (tertiary/aromatic N) is 1. The van der Waals surface area contributed by atoms with E-state index in [1.54, 1.807) is 0 Å². The van der Waals surface area contributed by atoms with Crippen molar-refractivity contribution in [3.63, 3.8) is 0 Å². The van der Waals surface area contributed by atoms with Crippen LogP contribution in [0.25, 0.3) is 10.1 Å². The van der Waals surface area contributed by atoms with Gasteiger partial charge in [0.05, 0.1) is 5.69 Å². The minimum Gasteiger partial charge on any atom is -0.370 e. The maximum atomic E-state index is 2.43. The van der Waals surface area contributed by atoms with Gasteiger partial charge in [0.15, 0.2) is 0 Å². The van der Waals surface area contributed by atoms with Crippen molar-refractivity contribution in [2.75, 3.05) is 11.9 Å². The van der Waals surface area contributed by atoms with Crippen molar-refractivity contribution in [1.82, 2.24) is 0 Å². The third kappa shape index (κ3) is 1.22. The monoisotopic (exact) mass is 203 g/mol. The van der Waals surface area contributed by atoms with Crippen molar-refractivity contribution in [2.45, 2.75) is 18.9 Å². The quantitative estimate of drug-likeness (QED) is 0.722. The van der Waals surface area contributed by atoms with Gasteiger partial charge in [0, 0.05) is 28.6 Å². The molecule has 1 aliphatic carbocycles. The molecule has 0 saturated heterocycles. The molecular weight excluding hydrogens is 190 g/mol. The highest BCUT2D eigenvalue weighted by Crippen LogP contribution is 2.37. The molecule has 0 N–H and O–H groups in total. The Morgan fingerprint density at radius 2 is 2.07 bits per heavy atom. The molecule has 1 heterocycles. The van der Waals surface area contributed by atoms with Crippen LogP contribution in [0.5, 0.6) is 0 Å². The van der Waals surface area contributed by atoms with Crippen LogP contribution in [0.4, 0.5) is 5.69 Å². The van der Waals surface area contributed by atoms with Gasteiger partial charge in [-0.2, -0.15) is 0 Å². The molecule has 2 heteroatoms. The van der Waals surface area contributed by atoms with Crippen molar-refractivity contribution in [3.8, 4) is 0 Å². The first kappa shape index (κ1) is 8.30. The Hall–Kier alpha value is -1.02. The Balaban J connectivity index is 2.11. The maximum absolute atomic E-state index is 2.43. The zero-order valence-corrected chi connectivity index (χ0v) is 9.05. The second-order valence-electron chi connectivity index (χ2n) is 3.96. The van der Waals surface area contributed by atoms with E-state index in [0.29, 0.717) is 0 Å². The van der Waals surface area contributed by atoms with Gasteiger partial charge in [-0.15, -0.1) is 11.3 Å². The van der Waals surface area contributed by atoms with Crippen molar-refractivity contribution >= 4 is 27.1 Å². The molecule has 0 spiro atoms. The van der Waals surface area contributed by atoms with E-state index in [9.17, 15) is 0 Å². The lowest BCUT2D eigenvalue weighted by atomic mass is 10.2. The summed E-state index contributed by atoms with van der Waals surface area (Å²) in [5, 5.41) is 3.69. The minimum absolute atomic E-state index is 0.799. The standard InChI is InChI=1S/C12H13NS/c1-13(9-6-7-9)11-8-14-12-5-3-2-4-10(11)12/h2-5,8-9H,6-7H2,1H3. The summed E-state index contributed by atoms with van der Waals surface area (Å²) in [6.07, 6.45) is 2.72. The first-order chi connectivity index (χ1) is 6.86. The molecule has 1 saturated carbocycles. The second kappa shape index (κ2) is 2.99. The van der Waals surface area contributed by atoms with Gasteiger partial charge in [-0.1, -0.05) is 18.2 Å². The topological polar surface area (TPSA) is 3.24 Å². The molecule has 0 radical (unpaired) electrons. The Bertz CT molecular complexity index is 456. The third-order valence-corrected chi connectivity index (χ3v) is 3.89. The van der Waals surface area contributed by atoms with Gasteiger partial charge in [0.25, 0.3) is 0 Å². The highest BCUT2D eigenvalue weighted by molar-refractivity contribution is 7.17. The van der Waals surface area contributed by atoms with Crippen LogP contribution in [-0.2, 0) is 0 Å². The summed E-state index contributed by atoms with van der Waals surface area (Å²) >= 11 is 1.85. The summed E-state index contributed by atoms with van der Waals surface area (Å²) in [4.78, 5) is 2.43. The fourth-order valence-corrected chi connectivity index (χ4v) is 2.88. The van der Waals surface area contributed by atoms with E-state index in [1.165, 1.54) is 28.6 Å². The predicted molar refractivity (Wildman–Crippen MR) is 63.3 cm³/mol. The van der Waals surface area contributed by atoms with Crippen molar-refractivity contribution in [1.29, 1.82) is 0 Å². The largest absolute Gasteiger partial charge is 0.370 e. The highest BCUT2D eigenvalue weighted by atomic mass is 32.1. The van der Waals surface area contributed by atoms with E-state index >= 15 is 0 Å². The van der Waals surface area contributed by atoms with Crippen molar-refractivity contribution in [3.05, 3.63) is 29.6 Å². The summed E-state index contributed by atoms with van der Waals surface area (Å²) in [5.41, 5.74) is 1.41. The molecule has 1 aromatic heterocycles. The molecule has 0 atom stereocenters. The van der Waals surface area contributed by atoms with Crippen LogP contribution in [0.3, 0.4) is 0 Å². The summed E-state index contributed by atoms with van der Waals surface area (Å²) in [6, 6.07) is 9.46. The van der Waals surface area contributed by atoms with Crippen molar-refractivity contribution in [2.24, 2.45) is 0 Å². The number of thiophene rings is 1. The van der Waals surface area contributed by atoms with E-state index < -0.39 is 0 Å². The molecule has 1 nitrogen and oxygen atoms in total. The Morgan fingerprint density at radius 1 is 1.29 bits per heavy atom. The summed E-state index contributed by atoms with van der Waals surface area (Å²) in [5.74, 6) is 0. The number of hydrogen-bond acceptors (Lipinski definition) is 2. The summed E-state index contributed by atoms with van der Waals surface area (Å²) in [7, 11) is 2.21. The molecule has 14 heavy (non-hydrogen) atoms. The van der Waals surface area contributed by atoms with Crippen LogP contribution in [0.15, 0.2) is 29.6 Å². The second-order valence-corrected chi connectivity index (χ2v) is 4.87. The van der Waals surface area contributed by atoms with E-state index in [1.807, 2.05) is 11.3 Å². The molecule has 3 rings (SSSR count). The van der Waals surface area contributed by atoms with E-state index in [2.05, 4.69) is 41.6 Å². The van der Waals surface area contributed by atoms with Crippen LogP contribution in [0, 0.1) is 0 Å². The fraction of sp³-hybridized carbons (Fsp3) is 0.333. The number of hydrogen-bond donors (Lipinski definition) is 0. The van der Waals surface area contributed by atoms with E-state index in [-0.39, 0.29) is 0 Å². The molecule has 0 bridgehead atoms. The third-order valence-electron chi connectivity index (χ3n) is 2.94. The Labute approximate surface area is 88.0 Å². The zero-order chi connectivity index (χ0) is 9.54. The molecule has 1 aliphatic rings. The molecule has 0 aliphatic heterocycles. The predicted octanol–water partition coefficient (Wildman–Crippen LogP) is 3.50. The lowest BCUT2D eigenvalue weighted by molar-refractivity contribution is 0.924. The average Bonchev–Trinajstić information content (AvgIpc) is 2.97. The molecule has 0 unspecified atom stereocenters. The SMILES string of the molecule is CN(c1csc2ccccc12)C1CC1. The smallest absolute Gasteiger partial charge is 0.0554 e. The number of anilines is 1. The van der Waals surface area contributed by atoms with Crippen LogP contribution >= 0.6 is 11.3 Å². The van der Waals surface area contributed by atoms with E-state index in [4.69, 9.17) is 0 Å². The van der Waals surface area contributed by atoms with Gasteiger partial charge in [-0.25, -0.2) is 0 Å². The van der Waals surface area contributed by atoms with Crippen LogP contribution in [0.1, 0.15) is 12.8 Å². The molecule has 1 aromatic carbocycles. The van der Waals surface area contributed by atoms with Gasteiger partial charge in [0.2, 0.25) is 0 Å². The van der Waals surface area contributed by atoms with Gasteiger partial charge in [-0.05, 0) is 18.9 Å². The first-order valence-electron chi connectivity index (χ1n) is 5.05. The molecule has 0 amide bonds. The minimum atomic E-state index is 0.799. The van der Waals surface area contributed by atoms with Gasteiger partial charge in [0.1, 0.15) is 0 Å². The lowest BCUT2D eigenvalue weighted by Crippen LogP contribution is -2.18. The van der Waals surface area contributed by atoms with E-state index in [0.717, 1.165) is 6.04 Å².